The third kappa shape index (κ3) is 11.6. The van der Waals surface area contributed by atoms with Crippen molar-refractivity contribution in [2.24, 2.45) is 0 Å². The van der Waals surface area contributed by atoms with E-state index in [1.165, 1.54) is 22.3 Å². The number of hydrogen-bond acceptors (Lipinski definition) is 2. The summed E-state index contributed by atoms with van der Waals surface area (Å²) in [6.45, 7) is 0. The van der Waals surface area contributed by atoms with Crippen LogP contribution in [-0.4, -0.2) is 12.5 Å². The molecule has 0 aromatic carbocycles. The van der Waals surface area contributed by atoms with E-state index in [2.05, 4.69) is 51.0 Å². The molecule has 0 unspecified atom stereocenters. The van der Waals surface area contributed by atoms with Crippen molar-refractivity contribution in [1.82, 2.24) is 0 Å². The molecule has 0 bridgehead atoms. The first-order valence-electron chi connectivity index (χ1n) is 8.25. The smallest absolute Gasteiger partial charge is 0.156 e. The van der Waals surface area contributed by atoms with Crippen molar-refractivity contribution >= 4 is 23.5 Å². The summed E-state index contributed by atoms with van der Waals surface area (Å²) in [6, 6.07) is 0. The van der Waals surface area contributed by atoms with E-state index in [4.69, 9.17) is 0 Å². The van der Waals surface area contributed by atoms with Gasteiger partial charge in [0.1, 0.15) is 0 Å². The van der Waals surface area contributed by atoms with Gasteiger partial charge in [-0.3, -0.25) is 0 Å². The fourth-order valence-corrected chi connectivity index (χ4v) is 3.65. The molecule has 4 aliphatic rings. The first kappa shape index (κ1) is 28.7. The maximum atomic E-state index is 2.23. The van der Waals surface area contributed by atoms with Crippen LogP contribution in [0, 0.1) is 125 Å². The van der Waals surface area contributed by atoms with Crippen LogP contribution in [0.4, 0.5) is 0 Å². The minimum absolute atomic E-state index is 0. The van der Waals surface area contributed by atoms with Gasteiger partial charge in [0.15, 0.2) is 0 Å². The monoisotopic (exact) mass is 476 g/mol. The van der Waals surface area contributed by atoms with Crippen LogP contribution in [0.1, 0.15) is 6.42 Å². The van der Waals surface area contributed by atoms with E-state index in [1.54, 1.807) is 0 Å². The Morgan fingerprint density at radius 1 is 0.481 bits per heavy atom. The minimum Gasteiger partial charge on any atom is -0.156 e. The summed E-state index contributed by atoms with van der Waals surface area (Å²) in [7, 11) is 0. The summed E-state index contributed by atoms with van der Waals surface area (Å²) in [5, 5.41) is 2.81. The van der Waals surface area contributed by atoms with Crippen LogP contribution in [0.25, 0.3) is 0 Å². The third-order valence-corrected chi connectivity index (χ3v) is 5.33. The zero-order valence-electron chi connectivity index (χ0n) is 15.5. The van der Waals surface area contributed by atoms with Crippen molar-refractivity contribution < 1.29 is 34.1 Å². The molecular formula is C23H24Fe2S2+4. The predicted octanol–water partition coefficient (Wildman–Crippen LogP) is 5.61. The average Bonchev–Trinajstić information content (AvgIpc) is 3.46. The second kappa shape index (κ2) is 18.5. The van der Waals surface area contributed by atoms with Crippen molar-refractivity contribution in [2.45, 2.75) is 6.42 Å². The Morgan fingerprint density at radius 2 is 0.778 bits per heavy atom. The molecule has 0 amide bonds. The maximum Gasteiger partial charge on any atom is 2.00 e. The zero-order valence-corrected chi connectivity index (χ0v) is 19.3. The Labute approximate surface area is 200 Å². The minimum atomic E-state index is 0. The zero-order chi connectivity index (χ0) is 17.7. The molecule has 4 aliphatic carbocycles. The summed E-state index contributed by atoms with van der Waals surface area (Å²) >= 11 is 3.66. The number of rotatable bonds is 4. The summed E-state index contributed by atoms with van der Waals surface area (Å²) in [4.78, 5) is 0. The molecule has 4 rings (SSSR count). The van der Waals surface area contributed by atoms with Crippen molar-refractivity contribution in [3.63, 3.8) is 0 Å². The predicted molar refractivity (Wildman–Crippen MR) is 113 cm³/mol. The number of thioether (sulfide) groups is 2. The van der Waals surface area contributed by atoms with Crippen LogP contribution >= 0.6 is 23.5 Å². The fraction of sp³-hybridized carbons (Fsp3) is 0.130. The molecule has 20 radical (unpaired) electrons. The molecule has 4 saturated carbocycles. The topological polar surface area (TPSA) is 0 Å². The normalized spacial score (nSPS) is 23.8. The molecule has 0 saturated heterocycles. The summed E-state index contributed by atoms with van der Waals surface area (Å²) in [5.74, 6) is 2.90. The van der Waals surface area contributed by atoms with Crippen LogP contribution < -0.4 is 0 Å². The van der Waals surface area contributed by atoms with Crippen molar-refractivity contribution in [3.8, 4) is 0 Å². The van der Waals surface area contributed by atoms with Crippen LogP contribution in [0.5, 0.6) is 0 Å². The van der Waals surface area contributed by atoms with Crippen LogP contribution in [0.2, 0.25) is 0 Å². The van der Waals surface area contributed by atoms with Gasteiger partial charge in [-0.2, -0.15) is 23.5 Å². The van der Waals surface area contributed by atoms with Crippen molar-refractivity contribution in [3.05, 3.63) is 125 Å². The fourth-order valence-electron chi connectivity index (χ4n) is 2.42. The Kier molecular flexibility index (Phi) is 19.7. The summed E-state index contributed by atoms with van der Waals surface area (Å²) in [6.07, 6.45) is 38.5. The Balaban J connectivity index is 0.000000465. The molecule has 4 heteroatoms. The van der Waals surface area contributed by atoms with Crippen molar-refractivity contribution in [1.29, 1.82) is 0 Å². The van der Waals surface area contributed by atoms with Gasteiger partial charge >= 0.3 is 34.1 Å². The van der Waals surface area contributed by atoms with E-state index in [1.807, 2.05) is 87.7 Å². The van der Waals surface area contributed by atoms with Gasteiger partial charge in [-0.1, -0.05) is 0 Å². The molecule has 0 atom stereocenters. The summed E-state index contributed by atoms with van der Waals surface area (Å²) < 4.78 is 0. The Hall–Kier alpha value is 1.74. The van der Waals surface area contributed by atoms with Gasteiger partial charge in [0, 0.05) is 10.5 Å². The summed E-state index contributed by atoms with van der Waals surface area (Å²) in [5.41, 5.74) is 0. The second-order valence-corrected chi connectivity index (χ2v) is 7.04. The van der Waals surface area contributed by atoms with Crippen LogP contribution in [0.15, 0.2) is 0 Å². The van der Waals surface area contributed by atoms with Crippen LogP contribution in [-0.2, 0) is 34.1 Å². The van der Waals surface area contributed by atoms with E-state index in [-0.39, 0.29) is 34.1 Å². The maximum absolute atomic E-state index is 2.23. The molecule has 0 spiro atoms. The quantitative estimate of drug-likeness (QED) is 0.485. The molecule has 0 N–H and O–H groups in total. The SMILES string of the molecule is CS[C]1[CH][CH][CH][C]1C[C]1[CH][CH][CH][C]1SC.[CH]1[CH][CH][CH][CH]1.[CH]1[CH][CH][CH][CH]1.[Fe+2].[Fe+2]. The largest absolute Gasteiger partial charge is 2.00 e. The first-order chi connectivity index (χ1) is 12.3. The van der Waals surface area contributed by atoms with E-state index >= 15 is 0 Å². The van der Waals surface area contributed by atoms with Gasteiger partial charge in [-0.25, -0.2) is 0 Å². The third-order valence-electron chi connectivity index (χ3n) is 3.65. The molecule has 0 aliphatic heterocycles. The second-order valence-electron chi connectivity index (χ2n) is 5.34. The average molecular weight is 476 g/mol. The van der Waals surface area contributed by atoms with Gasteiger partial charge in [-0.15, -0.1) is 0 Å². The molecule has 140 valence electrons. The molecule has 0 aromatic rings. The van der Waals surface area contributed by atoms with Gasteiger partial charge in [0.05, 0.1) is 0 Å². The number of hydrogen-bond donors (Lipinski definition) is 0. The molecule has 27 heavy (non-hydrogen) atoms. The van der Waals surface area contributed by atoms with E-state index < -0.39 is 0 Å². The van der Waals surface area contributed by atoms with Crippen LogP contribution in [0.3, 0.4) is 0 Å². The van der Waals surface area contributed by atoms with E-state index in [9.17, 15) is 0 Å². The molecule has 4 fully saturated rings. The van der Waals surface area contributed by atoms with E-state index in [0.717, 1.165) is 6.42 Å². The van der Waals surface area contributed by atoms with Gasteiger partial charge in [0.25, 0.3) is 0 Å². The van der Waals surface area contributed by atoms with Gasteiger partial charge in [-0.05, 0) is 134 Å². The van der Waals surface area contributed by atoms with Crippen molar-refractivity contribution in [2.75, 3.05) is 12.5 Å². The molecule has 0 nitrogen and oxygen atoms in total. The van der Waals surface area contributed by atoms with Gasteiger partial charge in [0.2, 0.25) is 0 Å². The standard InChI is InChI=1S/C13H14S2.2C5H5.2Fe/c1-14-12-7-3-5-10(12)9-11-6-4-8-13(11)15-2;2*1-2-4-5-3-1;;/h3-8H,9H2,1-2H3;2*1-5H;;/q;;;2*+2. The molecule has 0 aromatic heterocycles. The Bertz CT molecular complexity index is 274. The molecular weight excluding hydrogens is 452 g/mol. The molecule has 0 heterocycles. The van der Waals surface area contributed by atoms with E-state index in [0.29, 0.717) is 0 Å². The Morgan fingerprint density at radius 3 is 1.04 bits per heavy atom. The first-order valence-corrected chi connectivity index (χ1v) is 10.7. The van der Waals surface area contributed by atoms with Gasteiger partial charge < -0.3 is 0 Å².